The third-order valence-electron chi connectivity index (χ3n) is 3.73. The average Bonchev–Trinajstić information content (AvgIpc) is 3.01. The standard InChI is InChI=1S/C18H19N5O2/c19-18(25)21-13-9-7-12(8-10-13)17(24)20-11-3-6-16-22-14-4-1-2-5-15(14)23-16/h1-2,4-5,7-10H,3,6,11H2,(H,20,24)(H,22,23)(H3,19,21,25). The lowest BCUT2D eigenvalue weighted by Crippen LogP contribution is -2.25. The van der Waals surface area contributed by atoms with Crippen LogP contribution < -0.4 is 16.4 Å². The number of H-pyrrole nitrogens is 1. The molecule has 0 fully saturated rings. The molecular weight excluding hydrogens is 318 g/mol. The number of amides is 3. The summed E-state index contributed by atoms with van der Waals surface area (Å²) in [5.41, 5.74) is 8.09. The summed E-state index contributed by atoms with van der Waals surface area (Å²) in [5, 5.41) is 5.32. The molecule has 0 aliphatic rings. The van der Waals surface area contributed by atoms with Gasteiger partial charge in [-0.3, -0.25) is 4.79 Å². The predicted octanol–water partition coefficient (Wildman–Crippen LogP) is 2.42. The van der Waals surface area contributed by atoms with Gasteiger partial charge in [-0.2, -0.15) is 0 Å². The molecule has 3 aromatic rings. The lowest BCUT2D eigenvalue weighted by Gasteiger charge is -2.06. The van der Waals surface area contributed by atoms with Crippen molar-refractivity contribution in [2.24, 2.45) is 5.73 Å². The molecule has 0 spiro atoms. The summed E-state index contributed by atoms with van der Waals surface area (Å²) in [6.07, 6.45) is 1.54. The van der Waals surface area contributed by atoms with E-state index in [0.29, 0.717) is 17.8 Å². The molecule has 0 saturated carbocycles. The van der Waals surface area contributed by atoms with Gasteiger partial charge in [-0.15, -0.1) is 0 Å². The van der Waals surface area contributed by atoms with Crippen molar-refractivity contribution in [1.82, 2.24) is 15.3 Å². The number of aromatic amines is 1. The van der Waals surface area contributed by atoms with Gasteiger partial charge in [0.15, 0.2) is 0 Å². The van der Waals surface area contributed by atoms with Crippen LogP contribution in [0.25, 0.3) is 11.0 Å². The van der Waals surface area contributed by atoms with E-state index in [1.54, 1.807) is 24.3 Å². The first-order valence-electron chi connectivity index (χ1n) is 8.00. The summed E-state index contributed by atoms with van der Waals surface area (Å²) in [4.78, 5) is 30.6. The minimum Gasteiger partial charge on any atom is -0.352 e. The number of nitrogens with zero attached hydrogens (tertiary/aromatic N) is 1. The zero-order valence-corrected chi connectivity index (χ0v) is 13.6. The molecule has 25 heavy (non-hydrogen) atoms. The molecule has 0 aliphatic heterocycles. The molecule has 7 heteroatoms. The number of aromatic nitrogens is 2. The van der Waals surface area contributed by atoms with E-state index in [1.165, 1.54) is 0 Å². The lowest BCUT2D eigenvalue weighted by molar-refractivity contribution is 0.0953. The number of benzene rings is 2. The van der Waals surface area contributed by atoms with Crippen LogP contribution in [0.4, 0.5) is 10.5 Å². The predicted molar refractivity (Wildman–Crippen MR) is 96.4 cm³/mol. The van der Waals surface area contributed by atoms with Crippen LogP contribution >= 0.6 is 0 Å². The summed E-state index contributed by atoms with van der Waals surface area (Å²) in [6, 6.07) is 13.8. The van der Waals surface area contributed by atoms with Crippen LogP contribution in [0.2, 0.25) is 0 Å². The number of carbonyl (C=O) groups excluding carboxylic acids is 2. The van der Waals surface area contributed by atoms with E-state index in [9.17, 15) is 9.59 Å². The molecule has 1 heterocycles. The maximum absolute atomic E-state index is 12.1. The maximum Gasteiger partial charge on any atom is 0.316 e. The van der Waals surface area contributed by atoms with E-state index in [2.05, 4.69) is 20.6 Å². The van der Waals surface area contributed by atoms with E-state index in [0.717, 1.165) is 29.7 Å². The van der Waals surface area contributed by atoms with E-state index >= 15 is 0 Å². The van der Waals surface area contributed by atoms with Gasteiger partial charge in [-0.1, -0.05) is 12.1 Å². The highest BCUT2D eigenvalue weighted by molar-refractivity contribution is 5.95. The minimum atomic E-state index is -0.636. The summed E-state index contributed by atoms with van der Waals surface area (Å²) in [7, 11) is 0. The number of imidazole rings is 1. The van der Waals surface area contributed by atoms with Gasteiger partial charge in [-0.05, 0) is 42.8 Å². The van der Waals surface area contributed by atoms with Crippen molar-refractivity contribution < 1.29 is 9.59 Å². The highest BCUT2D eigenvalue weighted by atomic mass is 16.2. The number of nitrogens with two attached hydrogens (primary N) is 1. The van der Waals surface area contributed by atoms with Crippen LogP contribution in [-0.2, 0) is 6.42 Å². The largest absolute Gasteiger partial charge is 0.352 e. The number of anilines is 1. The van der Waals surface area contributed by atoms with Crippen molar-refractivity contribution in [3.8, 4) is 0 Å². The Labute approximate surface area is 144 Å². The zero-order valence-electron chi connectivity index (χ0n) is 13.6. The third kappa shape index (κ3) is 4.35. The number of fused-ring (bicyclic) bond motifs is 1. The van der Waals surface area contributed by atoms with Gasteiger partial charge in [0.25, 0.3) is 5.91 Å². The number of primary amides is 1. The van der Waals surface area contributed by atoms with E-state index in [1.807, 2.05) is 24.3 Å². The van der Waals surface area contributed by atoms with Crippen LogP contribution in [0.3, 0.4) is 0 Å². The average molecular weight is 337 g/mol. The summed E-state index contributed by atoms with van der Waals surface area (Å²) in [5.74, 6) is 0.757. The van der Waals surface area contributed by atoms with Gasteiger partial charge < -0.3 is 21.4 Å². The monoisotopic (exact) mass is 337 g/mol. The Hall–Kier alpha value is -3.35. The Kier molecular flexibility index (Phi) is 4.94. The SMILES string of the molecule is NC(=O)Nc1ccc(C(=O)NCCCc2nc3ccccc3[nH]2)cc1. The molecule has 0 unspecified atom stereocenters. The van der Waals surface area contributed by atoms with E-state index < -0.39 is 6.03 Å². The molecule has 3 rings (SSSR count). The Morgan fingerprint density at radius 2 is 1.84 bits per heavy atom. The van der Waals surface area contributed by atoms with Crippen LogP contribution in [0.1, 0.15) is 22.6 Å². The van der Waals surface area contributed by atoms with Crippen molar-refractivity contribution in [2.45, 2.75) is 12.8 Å². The lowest BCUT2D eigenvalue weighted by atomic mass is 10.2. The molecule has 0 aliphatic carbocycles. The van der Waals surface area contributed by atoms with E-state index in [-0.39, 0.29) is 5.91 Å². The first-order valence-corrected chi connectivity index (χ1v) is 8.00. The molecule has 3 amide bonds. The van der Waals surface area contributed by atoms with Crippen LogP contribution in [-0.4, -0.2) is 28.5 Å². The number of nitrogens with one attached hydrogen (secondary N) is 3. The topological polar surface area (TPSA) is 113 Å². The fourth-order valence-electron chi connectivity index (χ4n) is 2.53. The van der Waals surface area contributed by atoms with Crippen molar-refractivity contribution in [3.05, 3.63) is 59.9 Å². The zero-order chi connectivity index (χ0) is 17.6. The summed E-state index contributed by atoms with van der Waals surface area (Å²) in [6.45, 7) is 0.553. The number of carbonyl (C=O) groups is 2. The number of para-hydroxylation sites is 2. The molecule has 2 aromatic carbocycles. The van der Waals surface area contributed by atoms with Gasteiger partial charge >= 0.3 is 6.03 Å². The molecule has 0 bridgehead atoms. The van der Waals surface area contributed by atoms with Gasteiger partial charge in [0.05, 0.1) is 11.0 Å². The van der Waals surface area contributed by atoms with Crippen molar-refractivity contribution >= 4 is 28.7 Å². The Bertz CT molecular complexity index is 853. The molecule has 5 N–H and O–H groups in total. The molecule has 0 radical (unpaired) electrons. The number of hydrogen-bond acceptors (Lipinski definition) is 3. The first-order chi connectivity index (χ1) is 12.1. The highest BCUT2D eigenvalue weighted by Gasteiger charge is 2.06. The smallest absolute Gasteiger partial charge is 0.316 e. The second-order valence-corrected chi connectivity index (χ2v) is 5.63. The molecule has 0 saturated heterocycles. The van der Waals surface area contributed by atoms with Crippen LogP contribution in [0.5, 0.6) is 0 Å². The highest BCUT2D eigenvalue weighted by Crippen LogP contribution is 2.11. The minimum absolute atomic E-state index is 0.157. The van der Waals surface area contributed by atoms with E-state index in [4.69, 9.17) is 5.73 Å². The van der Waals surface area contributed by atoms with Gasteiger partial charge in [-0.25, -0.2) is 9.78 Å². The number of rotatable bonds is 6. The van der Waals surface area contributed by atoms with Crippen molar-refractivity contribution in [1.29, 1.82) is 0 Å². The first kappa shape index (κ1) is 16.5. The molecule has 0 atom stereocenters. The molecule has 1 aromatic heterocycles. The Balaban J connectivity index is 1.46. The second-order valence-electron chi connectivity index (χ2n) is 5.63. The molecule has 7 nitrogen and oxygen atoms in total. The number of urea groups is 1. The summed E-state index contributed by atoms with van der Waals surface area (Å²) < 4.78 is 0. The van der Waals surface area contributed by atoms with Crippen molar-refractivity contribution in [3.63, 3.8) is 0 Å². The number of aryl methyl sites for hydroxylation is 1. The Morgan fingerprint density at radius 1 is 1.08 bits per heavy atom. The van der Waals surface area contributed by atoms with Gasteiger partial charge in [0.2, 0.25) is 0 Å². The summed E-state index contributed by atoms with van der Waals surface area (Å²) >= 11 is 0. The molecular formula is C18H19N5O2. The van der Waals surface area contributed by atoms with Crippen LogP contribution in [0, 0.1) is 0 Å². The Morgan fingerprint density at radius 3 is 2.56 bits per heavy atom. The quantitative estimate of drug-likeness (QED) is 0.518. The second kappa shape index (κ2) is 7.48. The van der Waals surface area contributed by atoms with Crippen molar-refractivity contribution in [2.75, 3.05) is 11.9 Å². The normalized spacial score (nSPS) is 10.6. The van der Waals surface area contributed by atoms with Gasteiger partial charge in [0.1, 0.15) is 5.82 Å². The molecule has 128 valence electrons. The fraction of sp³-hybridized carbons (Fsp3) is 0.167. The van der Waals surface area contributed by atoms with Crippen LogP contribution in [0.15, 0.2) is 48.5 Å². The third-order valence-corrected chi connectivity index (χ3v) is 3.73. The van der Waals surface area contributed by atoms with Gasteiger partial charge in [0, 0.05) is 24.2 Å². The number of hydrogen-bond donors (Lipinski definition) is 4. The maximum atomic E-state index is 12.1. The fourth-order valence-corrected chi connectivity index (χ4v) is 2.53.